The molecule has 0 bridgehead atoms. The molecule has 0 aromatic carbocycles. The van der Waals surface area contributed by atoms with E-state index in [2.05, 4.69) is 0 Å². The van der Waals surface area contributed by atoms with E-state index in [0.29, 0.717) is 12.2 Å². The summed E-state index contributed by atoms with van der Waals surface area (Å²) in [5.41, 5.74) is 0. The van der Waals surface area contributed by atoms with E-state index < -0.39 is 0 Å². The Morgan fingerprint density at radius 1 is 0.900 bits per heavy atom. The standard InChI is InChI=1S/C8H16O2/c1-9-7-5-3-4-6-8(7)10-2/h7-8H,3-6H2,1-2H3/t7-,8?/m1/s1. The number of methoxy groups -OCH3 is 2. The minimum Gasteiger partial charge on any atom is -0.379 e. The summed E-state index contributed by atoms with van der Waals surface area (Å²) in [7, 11) is 3.53. The molecule has 0 radical (unpaired) electrons. The third kappa shape index (κ3) is 1.70. The quantitative estimate of drug-likeness (QED) is 0.586. The van der Waals surface area contributed by atoms with Crippen LogP contribution < -0.4 is 0 Å². The SMILES string of the molecule is COC1CCCC[C@H]1OC. The van der Waals surface area contributed by atoms with Gasteiger partial charge < -0.3 is 9.47 Å². The van der Waals surface area contributed by atoms with Crippen LogP contribution in [0, 0.1) is 0 Å². The molecule has 1 aliphatic carbocycles. The van der Waals surface area contributed by atoms with Gasteiger partial charge in [0.05, 0.1) is 12.2 Å². The second-order valence-electron chi connectivity index (χ2n) is 2.83. The topological polar surface area (TPSA) is 18.5 Å². The van der Waals surface area contributed by atoms with Gasteiger partial charge in [0.1, 0.15) is 0 Å². The molecule has 0 aromatic heterocycles. The van der Waals surface area contributed by atoms with Gasteiger partial charge in [-0.3, -0.25) is 0 Å². The largest absolute Gasteiger partial charge is 0.379 e. The molecule has 1 rings (SSSR count). The van der Waals surface area contributed by atoms with Crippen LogP contribution in [0.15, 0.2) is 0 Å². The summed E-state index contributed by atoms with van der Waals surface area (Å²) in [4.78, 5) is 0. The van der Waals surface area contributed by atoms with Crippen LogP contribution in [-0.2, 0) is 9.47 Å². The van der Waals surface area contributed by atoms with Gasteiger partial charge in [-0.2, -0.15) is 0 Å². The van der Waals surface area contributed by atoms with E-state index in [1.54, 1.807) is 14.2 Å². The smallest absolute Gasteiger partial charge is 0.0832 e. The maximum atomic E-state index is 5.27. The first kappa shape index (κ1) is 8.02. The van der Waals surface area contributed by atoms with Crippen molar-refractivity contribution in [2.45, 2.75) is 37.9 Å². The number of hydrogen-bond acceptors (Lipinski definition) is 2. The van der Waals surface area contributed by atoms with Gasteiger partial charge in [-0.1, -0.05) is 12.8 Å². The van der Waals surface area contributed by atoms with E-state index >= 15 is 0 Å². The van der Waals surface area contributed by atoms with Crippen molar-refractivity contribution >= 4 is 0 Å². The van der Waals surface area contributed by atoms with Crippen molar-refractivity contribution < 1.29 is 9.47 Å². The van der Waals surface area contributed by atoms with Gasteiger partial charge in [0.2, 0.25) is 0 Å². The van der Waals surface area contributed by atoms with Crippen LogP contribution in [0.25, 0.3) is 0 Å². The minimum atomic E-state index is 0.346. The Morgan fingerprint density at radius 3 is 1.60 bits per heavy atom. The fraction of sp³-hybridized carbons (Fsp3) is 1.00. The van der Waals surface area contributed by atoms with Crippen molar-refractivity contribution in [2.24, 2.45) is 0 Å². The predicted octanol–water partition coefficient (Wildman–Crippen LogP) is 1.59. The van der Waals surface area contributed by atoms with Crippen LogP contribution >= 0.6 is 0 Å². The normalized spacial score (nSPS) is 34.2. The molecule has 2 atom stereocenters. The molecule has 2 heteroatoms. The Labute approximate surface area is 62.5 Å². The molecule has 10 heavy (non-hydrogen) atoms. The second-order valence-corrected chi connectivity index (χ2v) is 2.83. The van der Waals surface area contributed by atoms with Gasteiger partial charge in [0, 0.05) is 14.2 Å². The molecule has 0 saturated heterocycles. The van der Waals surface area contributed by atoms with Crippen LogP contribution in [0.4, 0.5) is 0 Å². The van der Waals surface area contributed by atoms with Crippen LogP contribution in [0.1, 0.15) is 25.7 Å². The zero-order valence-corrected chi connectivity index (χ0v) is 6.80. The molecule has 60 valence electrons. The number of ether oxygens (including phenoxy) is 2. The van der Waals surface area contributed by atoms with Gasteiger partial charge in [0.15, 0.2) is 0 Å². The molecule has 0 heterocycles. The van der Waals surface area contributed by atoms with Gasteiger partial charge in [-0.15, -0.1) is 0 Å². The Kier molecular flexibility index (Phi) is 3.16. The number of hydrogen-bond donors (Lipinski definition) is 0. The molecule has 1 fully saturated rings. The lowest BCUT2D eigenvalue weighted by Crippen LogP contribution is -2.32. The molecule has 0 amide bonds. The van der Waals surface area contributed by atoms with E-state index in [0.717, 1.165) is 12.8 Å². The summed E-state index contributed by atoms with van der Waals surface area (Å²) in [6.07, 6.45) is 5.60. The van der Waals surface area contributed by atoms with Crippen LogP contribution in [0.5, 0.6) is 0 Å². The van der Waals surface area contributed by atoms with Crippen molar-refractivity contribution in [3.63, 3.8) is 0 Å². The first-order chi connectivity index (χ1) is 4.88. The molecular formula is C8H16O2. The molecule has 0 aliphatic heterocycles. The van der Waals surface area contributed by atoms with Gasteiger partial charge >= 0.3 is 0 Å². The molecule has 0 spiro atoms. The van der Waals surface area contributed by atoms with Crippen molar-refractivity contribution in [3.05, 3.63) is 0 Å². The van der Waals surface area contributed by atoms with Crippen molar-refractivity contribution in [1.82, 2.24) is 0 Å². The van der Waals surface area contributed by atoms with Crippen LogP contribution in [0.2, 0.25) is 0 Å². The zero-order valence-electron chi connectivity index (χ0n) is 6.80. The van der Waals surface area contributed by atoms with E-state index in [9.17, 15) is 0 Å². The highest BCUT2D eigenvalue weighted by Crippen LogP contribution is 2.22. The maximum absolute atomic E-state index is 5.27. The lowest BCUT2D eigenvalue weighted by atomic mass is 9.95. The van der Waals surface area contributed by atoms with E-state index in [-0.39, 0.29) is 0 Å². The predicted molar refractivity (Wildman–Crippen MR) is 40.1 cm³/mol. The fourth-order valence-electron chi connectivity index (χ4n) is 1.60. The lowest BCUT2D eigenvalue weighted by molar-refractivity contribution is -0.0577. The molecular weight excluding hydrogens is 128 g/mol. The molecule has 0 N–H and O–H groups in total. The Bertz CT molecular complexity index is 81.3. The van der Waals surface area contributed by atoms with Crippen LogP contribution in [0.3, 0.4) is 0 Å². The molecule has 2 nitrogen and oxygen atoms in total. The lowest BCUT2D eigenvalue weighted by Gasteiger charge is -2.28. The summed E-state index contributed by atoms with van der Waals surface area (Å²) in [5.74, 6) is 0. The van der Waals surface area contributed by atoms with Gasteiger partial charge in [0.25, 0.3) is 0 Å². The monoisotopic (exact) mass is 144 g/mol. The molecule has 1 saturated carbocycles. The second kappa shape index (κ2) is 3.94. The average Bonchev–Trinajstić information content (AvgIpc) is 2.04. The highest BCUT2D eigenvalue weighted by Gasteiger charge is 2.23. The van der Waals surface area contributed by atoms with E-state index in [1.807, 2.05) is 0 Å². The third-order valence-electron chi connectivity index (χ3n) is 2.25. The molecule has 1 unspecified atom stereocenters. The van der Waals surface area contributed by atoms with Crippen LogP contribution in [-0.4, -0.2) is 26.4 Å². The van der Waals surface area contributed by atoms with Crippen molar-refractivity contribution in [1.29, 1.82) is 0 Å². The Morgan fingerprint density at radius 2 is 1.30 bits per heavy atom. The molecule has 0 aromatic rings. The van der Waals surface area contributed by atoms with Crippen molar-refractivity contribution in [3.8, 4) is 0 Å². The maximum Gasteiger partial charge on any atom is 0.0832 e. The Balaban J connectivity index is 2.34. The summed E-state index contributed by atoms with van der Waals surface area (Å²) in [6.45, 7) is 0. The highest BCUT2D eigenvalue weighted by molar-refractivity contribution is 4.75. The molecule has 1 aliphatic rings. The zero-order chi connectivity index (χ0) is 7.40. The summed E-state index contributed by atoms with van der Waals surface area (Å²) < 4.78 is 10.5. The first-order valence-electron chi connectivity index (χ1n) is 3.94. The third-order valence-corrected chi connectivity index (χ3v) is 2.25. The fourth-order valence-corrected chi connectivity index (χ4v) is 1.60. The average molecular weight is 144 g/mol. The summed E-state index contributed by atoms with van der Waals surface area (Å²) in [5, 5.41) is 0. The van der Waals surface area contributed by atoms with Crippen molar-refractivity contribution in [2.75, 3.05) is 14.2 Å². The van der Waals surface area contributed by atoms with E-state index in [4.69, 9.17) is 9.47 Å². The minimum absolute atomic E-state index is 0.346. The number of rotatable bonds is 2. The summed E-state index contributed by atoms with van der Waals surface area (Å²) in [6, 6.07) is 0. The van der Waals surface area contributed by atoms with Gasteiger partial charge in [-0.05, 0) is 12.8 Å². The Hall–Kier alpha value is -0.0800. The first-order valence-corrected chi connectivity index (χ1v) is 3.94. The summed E-state index contributed by atoms with van der Waals surface area (Å²) >= 11 is 0. The van der Waals surface area contributed by atoms with E-state index in [1.165, 1.54) is 12.8 Å². The van der Waals surface area contributed by atoms with Gasteiger partial charge in [-0.25, -0.2) is 0 Å². The highest BCUT2D eigenvalue weighted by atomic mass is 16.5.